The van der Waals surface area contributed by atoms with Gasteiger partial charge in [-0.3, -0.25) is 9.69 Å². The van der Waals surface area contributed by atoms with Gasteiger partial charge in [0.25, 0.3) is 0 Å². The Labute approximate surface area is 116 Å². The Balaban J connectivity index is 1.65. The van der Waals surface area contributed by atoms with Gasteiger partial charge in [0.1, 0.15) is 0 Å². The first-order chi connectivity index (χ1) is 9.29. The molecule has 0 saturated carbocycles. The summed E-state index contributed by atoms with van der Waals surface area (Å²) in [4.78, 5) is 15.9. The number of rotatable bonds is 5. The summed E-state index contributed by atoms with van der Waals surface area (Å²) in [6.45, 7) is 6.70. The predicted octanol–water partition coefficient (Wildman–Crippen LogP) is 1.99. The van der Waals surface area contributed by atoms with Gasteiger partial charge in [0.05, 0.1) is 0 Å². The Hall–Kier alpha value is -1.35. The summed E-state index contributed by atoms with van der Waals surface area (Å²) < 4.78 is 0. The van der Waals surface area contributed by atoms with Crippen molar-refractivity contribution in [3.05, 3.63) is 42.3 Å². The smallest absolute Gasteiger partial charge is 0.226 e. The average Bonchev–Trinajstić information content (AvgIpc) is 2.48. The Kier molecular flexibility index (Phi) is 5.40. The van der Waals surface area contributed by atoms with Crippen LogP contribution >= 0.6 is 0 Å². The number of benzene rings is 1. The van der Waals surface area contributed by atoms with Crippen LogP contribution in [0.3, 0.4) is 0 Å². The topological polar surface area (TPSA) is 23.6 Å². The highest BCUT2D eigenvalue weighted by Crippen LogP contribution is 2.07. The van der Waals surface area contributed by atoms with Crippen molar-refractivity contribution in [1.82, 2.24) is 9.80 Å². The van der Waals surface area contributed by atoms with Gasteiger partial charge in [0, 0.05) is 32.6 Å². The summed E-state index contributed by atoms with van der Waals surface area (Å²) in [6.07, 6.45) is 3.99. The molecule has 1 aliphatic rings. The average molecular weight is 259 g/mol. The first-order valence-electron chi connectivity index (χ1n) is 7.14. The second kappa shape index (κ2) is 7.29. The molecule has 3 nitrogen and oxygen atoms in total. The van der Waals surface area contributed by atoms with Gasteiger partial charge >= 0.3 is 0 Å². The van der Waals surface area contributed by atoms with Gasteiger partial charge in [-0.15, -0.1) is 0 Å². The van der Waals surface area contributed by atoms with Crippen LogP contribution in [-0.4, -0.2) is 48.4 Å². The molecule has 19 heavy (non-hydrogen) atoms. The van der Waals surface area contributed by atoms with E-state index in [1.807, 2.05) is 11.8 Å². The highest BCUT2D eigenvalue weighted by molar-refractivity contribution is 5.84. The SMILES string of the molecule is C[CH]C(=O)N1CCN(CCCc2ccccc2)CC1. The number of nitrogens with zero attached hydrogens (tertiary/aromatic N) is 2. The summed E-state index contributed by atoms with van der Waals surface area (Å²) >= 11 is 0. The molecule has 3 heteroatoms. The van der Waals surface area contributed by atoms with Crippen molar-refractivity contribution in [3.63, 3.8) is 0 Å². The lowest BCUT2D eigenvalue weighted by atomic mass is 10.1. The highest BCUT2D eigenvalue weighted by Gasteiger charge is 2.19. The zero-order chi connectivity index (χ0) is 13.5. The highest BCUT2D eigenvalue weighted by atomic mass is 16.2. The van der Waals surface area contributed by atoms with Gasteiger partial charge in [0.15, 0.2) is 0 Å². The number of amides is 1. The fourth-order valence-electron chi connectivity index (χ4n) is 2.53. The van der Waals surface area contributed by atoms with Crippen LogP contribution in [0.5, 0.6) is 0 Å². The third-order valence-electron chi connectivity index (χ3n) is 3.71. The first kappa shape index (κ1) is 14.1. The molecule has 1 radical (unpaired) electrons. The van der Waals surface area contributed by atoms with E-state index in [1.165, 1.54) is 12.0 Å². The molecule has 0 aromatic heterocycles. The van der Waals surface area contributed by atoms with Gasteiger partial charge in [0.2, 0.25) is 5.91 Å². The molecule has 0 N–H and O–H groups in total. The molecule has 0 spiro atoms. The van der Waals surface area contributed by atoms with Crippen LogP contribution in [0.25, 0.3) is 0 Å². The minimum absolute atomic E-state index is 0.170. The third kappa shape index (κ3) is 4.35. The molecule has 1 amide bonds. The van der Waals surface area contributed by atoms with E-state index in [-0.39, 0.29) is 5.91 Å². The quantitative estimate of drug-likeness (QED) is 0.807. The van der Waals surface area contributed by atoms with Crippen LogP contribution in [0, 0.1) is 6.42 Å². The second-order valence-corrected chi connectivity index (χ2v) is 5.04. The summed E-state index contributed by atoms with van der Waals surface area (Å²) in [5, 5.41) is 0. The predicted molar refractivity (Wildman–Crippen MR) is 77.8 cm³/mol. The van der Waals surface area contributed by atoms with E-state index in [0.717, 1.165) is 39.1 Å². The van der Waals surface area contributed by atoms with Crippen molar-refractivity contribution in [1.29, 1.82) is 0 Å². The maximum atomic E-state index is 11.5. The van der Waals surface area contributed by atoms with Crippen molar-refractivity contribution in [3.8, 4) is 0 Å². The van der Waals surface area contributed by atoms with Crippen LogP contribution in [-0.2, 0) is 11.2 Å². The van der Waals surface area contributed by atoms with Crippen LogP contribution in [0.15, 0.2) is 30.3 Å². The Morgan fingerprint density at radius 2 is 1.84 bits per heavy atom. The molecular formula is C16H23N2O. The van der Waals surface area contributed by atoms with E-state index in [2.05, 4.69) is 35.2 Å². The monoisotopic (exact) mass is 259 g/mol. The first-order valence-corrected chi connectivity index (χ1v) is 7.14. The van der Waals surface area contributed by atoms with E-state index in [1.54, 1.807) is 6.42 Å². The normalized spacial score (nSPS) is 16.6. The number of carbonyl (C=O) groups is 1. The van der Waals surface area contributed by atoms with Crippen LogP contribution < -0.4 is 0 Å². The van der Waals surface area contributed by atoms with Gasteiger partial charge < -0.3 is 4.90 Å². The molecular weight excluding hydrogens is 236 g/mol. The minimum Gasteiger partial charge on any atom is -0.340 e. The summed E-state index contributed by atoms with van der Waals surface area (Å²) in [7, 11) is 0. The Bertz CT molecular complexity index is 383. The molecule has 1 heterocycles. The molecule has 1 aromatic rings. The fourth-order valence-corrected chi connectivity index (χ4v) is 2.53. The molecule has 1 aromatic carbocycles. The number of hydrogen-bond acceptors (Lipinski definition) is 2. The zero-order valence-corrected chi connectivity index (χ0v) is 11.7. The van der Waals surface area contributed by atoms with Crippen LogP contribution in [0.4, 0.5) is 0 Å². The van der Waals surface area contributed by atoms with Gasteiger partial charge in [-0.25, -0.2) is 0 Å². The lowest BCUT2D eigenvalue weighted by Gasteiger charge is -2.34. The molecule has 0 aliphatic carbocycles. The molecule has 0 bridgehead atoms. The van der Waals surface area contributed by atoms with Crippen molar-refractivity contribution >= 4 is 5.91 Å². The third-order valence-corrected chi connectivity index (χ3v) is 3.71. The van der Waals surface area contributed by atoms with Crippen molar-refractivity contribution < 1.29 is 4.79 Å². The lowest BCUT2D eigenvalue weighted by Crippen LogP contribution is -2.48. The Morgan fingerprint density at radius 1 is 1.16 bits per heavy atom. The number of piperazine rings is 1. The molecule has 1 saturated heterocycles. The number of carbonyl (C=O) groups excluding carboxylic acids is 1. The van der Waals surface area contributed by atoms with Crippen LogP contribution in [0.1, 0.15) is 18.9 Å². The van der Waals surface area contributed by atoms with E-state index in [0.29, 0.717) is 0 Å². The summed E-state index contributed by atoms with van der Waals surface area (Å²) in [6, 6.07) is 10.6. The summed E-state index contributed by atoms with van der Waals surface area (Å²) in [5.41, 5.74) is 1.41. The van der Waals surface area contributed by atoms with Gasteiger partial charge in [-0.05, 0) is 24.9 Å². The number of hydrogen-bond donors (Lipinski definition) is 0. The van der Waals surface area contributed by atoms with Crippen molar-refractivity contribution in [2.24, 2.45) is 0 Å². The van der Waals surface area contributed by atoms with E-state index in [4.69, 9.17) is 0 Å². The van der Waals surface area contributed by atoms with E-state index >= 15 is 0 Å². The second-order valence-electron chi connectivity index (χ2n) is 5.04. The largest absolute Gasteiger partial charge is 0.340 e. The maximum absolute atomic E-state index is 11.5. The molecule has 1 fully saturated rings. The fraction of sp³-hybridized carbons (Fsp3) is 0.500. The molecule has 1 aliphatic heterocycles. The van der Waals surface area contributed by atoms with Crippen LogP contribution in [0.2, 0.25) is 0 Å². The van der Waals surface area contributed by atoms with Gasteiger partial charge in [-0.2, -0.15) is 0 Å². The van der Waals surface area contributed by atoms with Gasteiger partial charge in [-0.1, -0.05) is 37.3 Å². The number of aryl methyl sites for hydroxylation is 1. The summed E-state index contributed by atoms with van der Waals surface area (Å²) in [5.74, 6) is 0.170. The zero-order valence-electron chi connectivity index (χ0n) is 11.7. The lowest BCUT2D eigenvalue weighted by molar-refractivity contribution is -0.129. The minimum atomic E-state index is 0.170. The molecule has 0 atom stereocenters. The molecule has 103 valence electrons. The van der Waals surface area contributed by atoms with E-state index < -0.39 is 0 Å². The van der Waals surface area contributed by atoms with Crippen molar-refractivity contribution in [2.75, 3.05) is 32.7 Å². The molecule has 0 unspecified atom stereocenters. The molecule has 2 rings (SSSR count). The van der Waals surface area contributed by atoms with E-state index in [9.17, 15) is 4.79 Å². The maximum Gasteiger partial charge on any atom is 0.226 e. The Morgan fingerprint density at radius 3 is 2.47 bits per heavy atom. The van der Waals surface area contributed by atoms with Crippen molar-refractivity contribution in [2.45, 2.75) is 19.8 Å². The standard InChI is InChI=1S/C16H23N2O/c1-2-16(19)18-13-11-17(12-14-18)10-6-9-15-7-4-3-5-8-15/h2-5,7-8H,6,9-14H2,1H3.